The highest BCUT2D eigenvalue weighted by atomic mass is 16.2. The molecule has 1 atom stereocenters. The van der Waals surface area contributed by atoms with Gasteiger partial charge in [0.05, 0.1) is 6.54 Å². The highest BCUT2D eigenvalue weighted by Gasteiger charge is 2.26. The summed E-state index contributed by atoms with van der Waals surface area (Å²) in [5.74, 6) is -0.172. The number of carbonyl (C=O) groups excluding carboxylic acids is 3. The van der Waals surface area contributed by atoms with Crippen LogP contribution in [0.5, 0.6) is 0 Å². The quantitative estimate of drug-likeness (QED) is 0.716. The molecule has 0 aromatic heterocycles. The van der Waals surface area contributed by atoms with Gasteiger partial charge in [-0.3, -0.25) is 19.3 Å². The molecule has 2 heterocycles. The third-order valence-corrected chi connectivity index (χ3v) is 5.67. The van der Waals surface area contributed by atoms with Crippen molar-refractivity contribution < 1.29 is 14.4 Å². The molecule has 1 aromatic carbocycles. The lowest BCUT2D eigenvalue weighted by Crippen LogP contribution is -2.48. The van der Waals surface area contributed by atoms with Gasteiger partial charge < -0.3 is 15.1 Å². The molecule has 0 radical (unpaired) electrons. The van der Waals surface area contributed by atoms with Crippen LogP contribution in [0.1, 0.15) is 31.7 Å². The zero-order valence-corrected chi connectivity index (χ0v) is 17.8. The number of amides is 3. The first-order valence-electron chi connectivity index (χ1n) is 10.9. The molecule has 1 aromatic rings. The van der Waals surface area contributed by atoms with E-state index in [1.54, 1.807) is 17.9 Å². The Morgan fingerprint density at radius 2 is 1.63 bits per heavy atom. The third kappa shape index (κ3) is 6.42. The lowest BCUT2D eigenvalue weighted by molar-refractivity contribution is -0.135. The van der Waals surface area contributed by atoms with Gasteiger partial charge in [-0.15, -0.1) is 0 Å². The van der Waals surface area contributed by atoms with Crippen LogP contribution in [-0.4, -0.2) is 84.3 Å². The molecule has 2 fully saturated rings. The molecule has 30 heavy (non-hydrogen) atoms. The molecule has 7 nitrogen and oxygen atoms in total. The Morgan fingerprint density at radius 1 is 0.933 bits per heavy atom. The predicted molar refractivity (Wildman–Crippen MR) is 117 cm³/mol. The predicted octanol–water partition coefficient (Wildman–Crippen LogP) is 1.36. The van der Waals surface area contributed by atoms with Crippen LogP contribution < -0.4 is 5.32 Å². The van der Waals surface area contributed by atoms with Gasteiger partial charge in [0, 0.05) is 45.3 Å². The lowest BCUT2D eigenvalue weighted by Gasteiger charge is -2.25. The summed E-state index contributed by atoms with van der Waals surface area (Å²) in [7, 11) is 0. The lowest BCUT2D eigenvalue weighted by atomic mass is 10.2. The Bertz CT molecular complexity index is 759. The number of likely N-dealkylation sites (tertiary alicyclic amines) is 1. The molecule has 3 amide bonds. The van der Waals surface area contributed by atoms with E-state index in [1.807, 2.05) is 35.2 Å². The van der Waals surface area contributed by atoms with Crippen LogP contribution in [0.15, 0.2) is 36.4 Å². The second kappa shape index (κ2) is 10.9. The molecule has 2 saturated heterocycles. The first-order valence-corrected chi connectivity index (χ1v) is 10.9. The normalized spacial score (nSPS) is 19.0. The summed E-state index contributed by atoms with van der Waals surface area (Å²) in [5, 5.41) is 2.76. The smallest absolute Gasteiger partial charge is 0.244 e. The van der Waals surface area contributed by atoms with Crippen molar-refractivity contribution >= 4 is 23.8 Å². The van der Waals surface area contributed by atoms with E-state index in [4.69, 9.17) is 0 Å². The maximum absolute atomic E-state index is 12.8. The summed E-state index contributed by atoms with van der Waals surface area (Å²) in [6, 6.07) is 8.97. The molecule has 162 valence electrons. The van der Waals surface area contributed by atoms with E-state index >= 15 is 0 Å². The summed E-state index contributed by atoms with van der Waals surface area (Å²) in [6.07, 6.45) is 6.20. The second-order valence-electron chi connectivity index (χ2n) is 8.02. The van der Waals surface area contributed by atoms with Gasteiger partial charge in [0.25, 0.3) is 0 Å². The Morgan fingerprint density at radius 3 is 2.37 bits per heavy atom. The van der Waals surface area contributed by atoms with Crippen LogP contribution in [0, 0.1) is 0 Å². The van der Waals surface area contributed by atoms with Crippen LogP contribution >= 0.6 is 0 Å². The van der Waals surface area contributed by atoms with Gasteiger partial charge in [-0.05, 0) is 37.8 Å². The van der Waals surface area contributed by atoms with Crippen LogP contribution in [0.25, 0.3) is 6.08 Å². The Kier molecular flexibility index (Phi) is 8.02. The number of benzene rings is 1. The van der Waals surface area contributed by atoms with Gasteiger partial charge in [-0.2, -0.15) is 0 Å². The summed E-state index contributed by atoms with van der Waals surface area (Å²) >= 11 is 0. The highest BCUT2D eigenvalue weighted by molar-refractivity contribution is 5.95. The summed E-state index contributed by atoms with van der Waals surface area (Å²) in [4.78, 5) is 43.2. The minimum absolute atomic E-state index is 0.0795. The fourth-order valence-electron chi connectivity index (χ4n) is 3.94. The first-order chi connectivity index (χ1) is 14.5. The number of nitrogens with zero attached hydrogens (tertiary/aromatic N) is 3. The first kappa shape index (κ1) is 22.0. The zero-order valence-electron chi connectivity index (χ0n) is 17.8. The van der Waals surface area contributed by atoms with Crippen molar-refractivity contribution in [1.82, 2.24) is 20.0 Å². The van der Waals surface area contributed by atoms with E-state index in [0.717, 1.165) is 44.5 Å². The van der Waals surface area contributed by atoms with Crippen LogP contribution in [0.2, 0.25) is 0 Å². The van der Waals surface area contributed by atoms with Crippen molar-refractivity contribution in [2.45, 2.75) is 32.2 Å². The van der Waals surface area contributed by atoms with Gasteiger partial charge in [0.1, 0.15) is 6.04 Å². The standard InChI is InChI=1S/C23H32N4O3/c1-19(24-21(28)11-10-20-8-3-2-4-9-20)23(30)27-15-7-12-25(16-17-27)18-22(29)26-13-5-6-14-26/h2-4,8-11,19H,5-7,12-18H2,1H3,(H,24,28). The van der Waals surface area contributed by atoms with Crippen molar-refractivity contribution in [2.24, 2.45) is 0 Å². The minimum Gasteiger partial charge on any atom is -0.342 e. The molecule has 1 N–H and O–H groups in total. The van der Waals surface area contributed by atoms with Crippen LogP contribution in [-0.2, 0) is 14.4 Å². The number of carbonyl (C=O) groups is 3. The molecule has 0 aliphatic carbocycles. The second-order valence-corrected chi connectivity index (χ2v) is 8.02. The van der Waals surface area contributed by atoms with Gasteiger partial charge in [-0.1, -0.05) is 30.3 Å². The van der Waals surface area contributed by atoms with Crippen molar-refractivity contribution in [1.29, 1.82) is 0 Å². The topological polar surface area (TPSA) is 73.0 Å². The maximum atomic E-state index is 12.8. The highest BCUT2D eigenvalue weighted by Crippen LogP contribution is 2.10. The van der Waals surface area contributed by atoms with E-state index in [1.165, 1.54) is 6.08 Å². The fourth-order valence-corrected chi connectivity index (χ4v) is 3.94. The number of hydrogen-bond donors (Lipinski definition) is 1. The van der Waals surface area contributed by atoms with Crippen LogP contribution in [0.3, 0.4) is 0 Å². The van der Waals surface area contributed by atoms with Crippen molar-refractivity contribution in [3.05, 3.63) is 42.0 Å². The maximum Gasteiger partial charge on any atom is 0.244 e. The van der Waals surface area contributed by atoms with Crippen molar-refractivity contribution in [3.63, 3.8) is 0 Å². The Labute approximate surface area is 178 Å². The molecule has 7 heteroatoms. The molecule has 2 aliphatic rings. The van der Waals surface area contributed by atoms with Gasteiger partial charge >= 0.3 is 0 Å². The molecule has 1 unspecified atom stereocenters. The fraction of sp³-hybridized carbons (Fsp3) is 0.522. The Balaban J connectivity index is 1.44. The number of nitrogens with one attached hydrogen (secondary N) is 1. The zero-order chi connectivity index (χ0) is 21.3. The monoisotopic (exact) mass is 412 g/mol. The summed E-state index contributed by atoms with van der Waals surface area (Å²) in [5.41, 5.74) is 0.933. The molecule has 0 spiro atoms. The number of rotatable bonds is 6. The van der Waals surface area contributed by atoms with E-state index in [2.05, 4.69) is 10.2 Å². The van der Waals surface area contributed by atoms with E-state index in [-0.39, 0.29) is 17.7 Å². The van der Waals surface area contributed by atoms with Gasteiger partial charge in [0.15, 0.2) is 0 Å². The van der Waals surface area contributed by atoms with Crippen molar-refractivity contribution in [3.8, 4) is 0 Å². The average molecular weight is 413 g/mol. The van der Waals surface area contributed by atoms with E-state index in [0.29, 0.717) is 26.2 Å². The minimum atomic E-state index is -0.587. The van der Waals surface area contributed by atoms with Crippen LogP contribution in [0.4, 0.5) is 0 Å². The summed E-state index contributed by atoms with van der Waals surface area (Å²) < 4.78 is 0. The average Bonchev–Trinajstić information content (AvgIpc) is 3.20. The SMILES string of the molecule is CC(NC(=O)C=Cc1ccccc1)C(=O)N1CCCN(CC(=O)N2CCCC2)CC1. The molecular formula is C23H32N4O3. The van der Waals surface area contributed by atoms with Gasteiger partial charge in [0.2, 0.25) is 17.7 Å². The van der Waals surface area contributed by atoms with Crippen molar-refractivity contribution in [2.75, 3.05) is 45.8 Å². The third-order valence-electron chi connectivity index (χ3n) is 5.67. The van der Waals surface area contributed by atoms with E-state index < -0.39 is 6.04 Å². The van der Waals surface area contributed by atoms with Gasteiger partial charge in [-0.25, -0.2) is 0 Å². The molecule has 0 saturated carbocycles. The molecule has 3 rings (SSSR count). The van der Waals surface area contributed by atoms with E-state index in [9.17, 15) is 14.4 Å². The molecular weight excluding hydrogens is 380 g/mol. The largest absolute Gasteiger partial charge is 0.342 e. The molecule has 0 bridgehead atoms. The molecule has 2 aliphatic heterocycles. The summed E-state index contributed by atoms with van der Waals surface area (Å²) in [6.45, 7) is 6.60. The Hall–Kier alpha value is -2.67. The number of hydrogen-bond acceptors (Lipinski definition) is 4.